The van der Waals surface area contributed by atoms with Crippen LogP contribution in [-0.2, 0) is 4.79 Å². The Morgan fingerprint density at radius 3 is 2.47 bits per heavy atom. The quantitative estimate of drug-likeness (QED) is 0.644. The number of hydrogen-bond acceptors (Lipinski definition) is 3. The largest absolute Gasteiger partial charge is 0.504 e. The molecule has 1 aromatic rings. The van der Waals surface area contributed by atoms with E-state index in [1.807, 2.05) is 13.8 Å². The van der Waals surface area contributed by atoms with Gasteiger partial charge in [-0.15, -0.1) is 0 Å². The number of aromatic hydroxyl groups is 1. The molecule has 17 heavy (non-hydrogen) atoms. The highest BCUT2D eigenvalue weighted by molar-refractivity contribution is 5.78. The molecule has 0 fully saturated rings. The topological polar surface area (TPSA) is 46.5 Å². The molecule has 1 rings (SSSR count). The zero-order chi connectivity index (χ0) is 13.1. The van der Waals surface area contributed by atoms with E-state index in [-0.39, 0.29) is 17.5 Å². The Morgan fingerprint density at radius 2 is 1.94 bits per heavy atom. The first-order valence-corrected chi connectivity index (χ1v) is 5.83. The number of phenolic OH excluding ortho intramolecular Hbond substituents is 1. The number of esters is 1. The first kappa shape index (κ1) is 13.6. The van der Waals surface area contributed by atoms with Gasteiger partial charge in [0.2, 0.25) is 0 Å². The van der Waals surface area contributed by atoms with Gasteiger partial charge in [0.1, 0.15) is 0 Å². The number of para-hydroxylation sites is 2. The maximum atomic E-state index is 12.0. The number of phenols is 1. The predicted molar refractivity (Wildman–Crippen MR) is 67.0 cm³/mol. The molecule has 0 saturated carbocycles. The van der Waals surface area contributed by atoms with Crippen LogP contribution in [-0.4, -0.2) is 11.1 Å². The van der Waals surface area contributed by atoms with Crippen LogP contribution in [0.15, 0.2) is 24.3 Å². The Kier molecular flexibility index (Phi) is 4.16. The second-order valence-corrected chi connectivity index (χ2v) is 5.34. The lowest BCUT2D eigenvalue weighted by Crippen LogP contribution is -2.30. The first-order chi connectivity index (χ1) is 7.83. The number of benzene rings is 1. The SMILES string of the molecule is CC(C)CC(C)(C)C(=O)Oc1ccccc1O. The van der Waals surface area contributed by atoms with Gasteiger partial charge in [0.15, 0.2) is 11.5 Å². The van der Waals surface area contributed by atoms with Crippen molar-refractivity contribution in [3.63, 3.8) is 0 Å². The van der Waals surface area contributed by atoms with E-state index in [0.717, 1.165) is 6.42 Å². The van der Waals surface area contributed by atoms with Crippen molar-refractivity contribution in [1.29, 1.82) is 0 Å². The summed E-state index contributed by atoms with van der Waals surface area (Å²) < 4.78 is 5.22. The molecule has 0 unspecified atom stereocenters. The normalized spacial score (nSPS) is 11.6. The molecule has 94 valence electrons. The molecule has 0 aliphatic heterocycles. The van der Waals surface area contributed by atoms with Crippen molar-refractivity contribution in [2.45, 2.75) is 34.1 Å². The molecule has 1 N–H and O–H groups in total. The van der Waals surface area contributed by atoms with Crippen LogP contribution in [0.3, 0.4) is 0 Å². The van der Waals surface area contributed by atoms with Crippen molar-refractivity contribution in [2.24, 2.45) is 11.3 Å². The molecule has 0 bridgehead atoms. The second-order valence-electron chi connectivity index (χ2n) is 5.34. The molecule has 0 radical (unpaired) electrons. The fourth-order valence-corrected chi connectivity index (χ4v) is 1.89. The number of rotatable bonds is 4. The minimum Gasteiger partial charge on any atom is -0.504 e. The van der Waals surface area contributed by atoms with E-state index in [9.17, 15) is 9.90 Å². The predicted octanol–water partition coefficient (Wildman–Crippen LogP) is 3.37. The molecule has 0 aromatic heterocycles. The van der Waals surface area contributed by atoms with Crippen LogP contribution in [0.1, 0.15) is 34.1 Å². The van der Waals surface area contributed by atoms with Crippen molar-refractivity contribution in [3.8, 4) is 11.5 Å². The lowest BCUT2D eigenvalue weighted by Gasteiger charge is -2.24. The molecular weight excluding hydrogens is 216 g/mol. The fraction of sp³-hybridized carbons (Fsp3) is 0.500. The van der Waals surface area contributed by atoms with Gasteiger partial charge < -0.3 is 9.84 Å². The molecule has 0 spiro atoms. The average Bonchev–Trinajstić information content (AvgIpc) is 2.19. The third-order valence-corrected chi connectivity index (χ3v) is 2.54. The molecule has 0 atom stereocenters. The minimum atomic E-state index is -0.545. The molecule has 3 heteroatoms. The smallest absolute Gasteiger partial charge is 0.317 e. The number of carbonyl (C=O) groups is 1. The van der Waals surface area contributed by atoms with Crippen molar-refractivity contribution in [2.75, 3.05) is 0 Å². The van der Waals surface area contributed by atoms with Gasteiger partial charge in [-0.25, -0.2) is 0 Å². The van der Waals surface area contributed by atoms with Gasteiger partial charge in [0.05, 0.1) is 5.41 Å². The summed E-state index contributed by atoms with van der Waals surface area (Å²) in [6.07, 6.45) is 0.749. The van der Waals surface area contributed by atoms with Crippen molar-refractivity contribution in [3.05, 3.63) is 24.3 Å². The van der Waals surface area contributed by atoms with Crippen molar-refractivity contribution in [1.82, 2.24) is 0 Å². The zero-order valence-corrected chi connectivity index (χ0v) is 10.9. The molecule has 0 amide bonds. The Bertz CT molecular complexity index is 394. The highest BCUT2D eigenvalue weighted by Gasteiger charge is 2.31. The highest BCUT2D eigenvalue weighted by atomic mass is 16.5. The standard InChI is InChI=1S/C14H20O3/c1-10(2)9-14(3,4)13(16)17-12-8-6-5-7-11(12)15/h5-8,10,15H,9H2,1-4H3. The minimum absolute atomic E-state index is 0.0128. The van der Waals surface area contributed by atoms with Gasteiger partial charge in [-0.1, -0.05) is 26.0 Å². The van der Waals surface area contributed by atoms with E-state index in [1.165, 1.54) is 6.07 Å². The van der Waals surface area contributed by atoms with E-state index in [2.05, 4.69) is 13.8 Å². The Morgan fingerprint density at radius 1 is 1.35 bits per heavy atom. The van der Waals surface area contributed by atoms with Gasteiger partial charge in [0, 0.05) is 0 Å². The molecular formula is C14H20O3. The highest BCUT2D eigenvalue weighted by Crippen LogP contribution is 2.31. The van der Waals surface area contributed by atoms with Gasteiger partial charge in [0.25, 0.3) is 0 Å². The Labute approximate surface area is 102 Å². The molecule has 1 aromatic carbocycles. The summed E-state index contributed by atoms with van der Waals surface area (Å²) in [5, 5.41) is 9.53. The maximum Gasteiger partial charge on any atom is 0.317 e. The third-order valence-electron chi connectivity index (χ3n) is 2.54. The average molecular weight is 236 g/mol. The van der Waals surface area contributed by atoms with Crippen LogP contribution >= 0.6 is 0 Å². The van der Waals surface area contributed by atoms with Crippen molar-refractivity contribution < 1.29 is 14.6 Å². The second kappa shape index (κ2) is 5.21. The van der Waals surface area contributed by atoms with E-state index < -0.39 is 5.41 Å². The van der Waals surface area contributed by atoms with E-state index in [4.69, 9.17) is 4.74 Å². The van der Waals surface area contributed by atoms with E-state index in [0.29, 0.717) is 5.92 Å². The lowest BCUT2D eigenvalue weighted by molar-refractivity contribution is -0.145. The molecule has 0 aliphatic rings. The monoisotopic (exact) mass is 236 g/mol. The summed E-state index contributed by atoms with van der Waals surface area (Å²) >= 11 is 0. The van der Waals surface area contributed by atoms with Gasteiger partial charge in [-0.2, -0.15) is 0 Å². The number of hydrogen-bond donors (Lipinski definition) is 1. The first-order valence-electron chi connectivity index (χ1n) is 5.83. The fourth-order valence-electron chi connectivity index (χ4n) is 1.89. The molecule has 0 heterocycles. The number of carbonyl (C=O) groups excluding carboxylic acids is 1. The van der Waals surface area contributed by atoms with E-state index >= 15 is 0 Å². The lowest BCUT2D eigenvalue weighted by atomic mass is 9.84. The summed E-state index contributed by atoms with van der Waals surface area (Å²) in [6, 6.07) is 6.49. The summed E-state index contributed by atoms with van der Waals surface area (Å²) in [6.45, 7) is 7.84. The van der Waals surface area contributed by atoms with Crippen LogP contribution in [0.25, 0.3) is 0 Å². The summed E-state index contributed by atoms with van der Waals surface area (Å²) in [4.78, 5) is 12.0. The van der Waals surface area contributed by atoms with Crippen LogP contribution in [0.4, 0.5) is 0 Å². The van der Waals surface area contributed by atoms with Gasteiger partial charge in [-0.3, -0.25) is 4.79 Å². The maximum absolute atomic E-state index is 12.0. The van der Waals surface area contributed by atoms with Crippen LogP contribution in [0.2, 0.25) is 0 Å². The molecule has 0 aliphatic carbocycles. The van der Waals surface area contributed by atoms with Crippen LogP contribution in [0.5, 0.6) is 11.5 Å². The summed E-state index contributed by atoms with van der Waals surface area (Å²) in [7, 11) is 0. The van der Waals surface area contributed by atoms with Crippen LogP contribution in [0, 0.1) is 11.3 Å². The van der Waals surface area contributed by atoms with E-state index in [1.54, 1.807) is 18.2 Å². The Balaban J connectivity index is 2.76. The third kappa shape index (κ3) is 3.77. The van der Waals surface area contributed by atoms with Crippen LogP contribution < -0.4 is 4.74 Å². The summed E-state index contributed by atoms with van der Waals surface area (Å²) in [5.74, 6) is 0.310. The zero-order valence-electron chi connectivity index (χ0n) is 10.9. The molecule has 3 nitrogen and oxygen atoms in total. The number of ether oxygens (including phenoxy) is 1. The van der Waals surface area contributed by atoms with Crippen molar-refractivity contribution >= 4 is 5.97 Å². The molecule has 0 saturated heterocycles. The Hall–Kier alpha value is -1.51. The van der Waals surface area contributed by atoms with Gasteiger partial charge in [-0.05, 0) is 38.3 Å². The summed E-state index contributed by atoms with van der Waals surface area (Å²) in [5.41, 5.74) is -0.545. The van der Waals surface area contributed by atoms with Gasteiger partial charge >= 0.3 is 5.97 Å².